The van der Waals surface area contributed by atoms with E-state index in [1.54, 1.807) is 6.07 Å². The molecule has 0 radical (unpaired) electrons. The van der Waals surface area contributed by atoms with Crippen LogP contribution < -0.4 is 29.6 Å². The Labute approximate surface area is 109 Å². The first-order chi connectivity index (χ1) is 6.62. The van der Waals surface area contributed by atoms with Gasteiger partial charge in [0.15, 0.2) is 0 Å². The van der Waals surface area contributed by atoms with Gasteiger partial charge in [-0.25, -0.2) is 8.42 Å². The van der Waals surface area contributed by atoms with Crippen LogP contribution in [-0.4, -0.2) is 13.5 Å². The van der Waals surface area contributed by atoms with Gasteiger partial charge in [-0.15, -0.1) is 0 Å². The summed E-state index contributed by atoms with van der Waals surface area (Å²) < 4.78 is 22.9. The van der Waals surface area contributed by atoms with Crippen LogP contribution in [0.5, 0.6) is 0 Å². The molecule has 5 nitrogen and oxygen atoms in total. The van der Waals surface area contributed by atoms with Crippen molar-refractivity contribution in [3.63, 3.8) is 0 Å². The van der Waals surface area contributed by atoms with Gasteiger partial charge in [0.2, 0.25) is 14.9 Å². The van der Waals surface area contributed by atoms with Gasteiger partial charge in [-0.2, -0.15) is 5.26 Å². The zero-order valence-electron chi connectivity index (χ0n) is 7.91. The summed E-state index contributed by atoms with van der Waals surface area (Å²) >= 11 is 0. The van der Waals surface area contributed by atoms with Crippen LogP contribution in [0.3, 0.4) is 0 Å². The molecule has 0 saturated heterocycles. The summed E-state index contributed by atoms with van der Waals surface area (Å²) in [5.74, 6) is 0. The topological polar surface area (TPSA) is 93.3 Å². The van der Waals surface area contributed by atoms with E-state index in [2.05, 4.69) is 5.16 Å². The van der Waals surface area contributed by atoms with E-state index in [0.717, 1.165) is 0 Å². The first-order valence-electron chi connectivity index (χ1n) is 3.53. The smallest absolute Gasteiger partial charge is 0.790 e. The maximum absolute atomic E-state index is 11.4. The van der Waals surface area contributed by atoms with E-state index in [4.69, 9.17) is 5.26 Å². The van der Waals surface area contributed by atoms with Crippen molar-refractivity contribution in [2.75, 3.05) is 0 Å². The van der Waals surface area contributed by atoms with Crippen molar-refractivity contribution in [1.82, 2.24) is 0 Å². The predicted molar refractivity (Wildman–Crippen MR) is 50.0 cm³/mol. The van der Waals surface area contributed by atoms with Crippen LogP contribution in [0.15, 0.2) is 40.4 Å². The van der Waals surface area contributed by atoms with Crippen LogP contribution in [0.2, 0.25) is 0 Å². The fraction of sp³-hybridized carbons (Fsp3) is 0. The molecule has 0 bridgehead atoms. The van der Waals surface area contributed by atoms with Crippen molar-refractivity contribution in [1.29, 1.82) is 5.26 Å². The number of rotatable bonds is 1. The van der Waals surface area contributed by atoms with Crippen LogP contribution in [0.1, 0.15) is 0 Å². The van der Waals surface area contributed by atoms with E-state index in [9.17, 15) is 13.6 Å². The number of nitriles is 1. The van der Waals surface area contributed by atoms with Gasteiger partial charge in [-0.1, -0.05) is 18.2 Å². The van der Waals surface area contributed by atoms with Crippen molar-refractivity contribution >= 4 is 14.9 Å². The Morgan fingerprint density at radius 1 is 1.33 bits per heavy atom. The summed E-state index contributed by atoms with van der Waals surface area (Å²) in [7, 11) is -4.02. The molecule has 1 aromatic rings. The minimum atomic E-state index is -4.02. The van der Waals surface area contributed by atoms with Crippen molar-refractivity contribution < 1.29 is 38.0 Å². The van der Waals surface area contributed by atoms with Crippen molar-refractivity contribution in [2.24, 2.45) is 5.16 Å². The molecular weight excluding hydrogens is 227 g/mol. The Hall–Kier alpha value is -0.870. The zero-order valence-corrected chi connectivity index (χ0v) is 10.7. The molecule has 0 spiro atoms. The Kier molecular flexibility index (Phi) is 5.54. The third-order valence-electron chi connectivity index (χ3n) is 1.49. The first-order valence-corrected chi connectivity index (χ1v) is 5.02. The molecule has 7 heteroatoms. The maximum Gasteiger partial charge on any atom is 1.00 e. The molecule has 0 atom stereocenters. The fourth-order valence-electron chi connectivity index (χ4n) is 0.841. The molecule has 0 aliphatic heterocycles. The Morgan fingerprint density at radius 3 is 2.27 bits per heavy atom. The normalized spacial score (nSPS) is 11.3. The Morgan fingerprint density at radius 2 is 1.87 bits per heavy atom. The van der Waals surface area contributed by atoms with Gasteiger partial charge in [-0.3, -0.25) is 5.16 Å². The van der Waals surface area contributed by atoms with Gasteiger partial charge in [0.1, 0.15) is 6.07 Å². The molecule has 0 aliphatic carbocycles. The largest absolute Gasteiger partial charge is 1.00 e. The third-order valence-corrected chi connectivity index (χ3v) is 3.05. The number of nitrogens with zero attached hydrogens (tertiary/aromatic N) is 2. The number of sulfone groups is 1. The van der Waals surface area contributed by atoms with Crippen LogP contribution in [0.4, 0.5) is 0 Å². The molecule has 72 valence electrons. The number of benzene rings is 1. The van der Waals surface area contributed by atoms with Crippen molar-refractivity contribution in [2.45, 2.75) is 4.90 Å². The van der Waals surface area contributed by atoms with E-state index in [-0.39, 0.29) is 34.5 Å². The van der Waals surface area contributed by atoms with E-state index >= 15 is 0 Å². The zero-order chi connectivity index (χ0) is 10.6. The molecule has 0 saturated carbocycles. The molecule has 0 heterocycles. The van der Waals surface area contributed by atoms with Gasteiger partial charge < -0.3 is 5.21 Å². The summed E-state index contributed by atoms with van der Waals surface area (Å²) in [6.07, 6.45) is 0. The van der Waals surface area contributed by atoms with Gasteiger partial charge in [0.05, 0.1) is 4.90 Å². The SMILES string of the molecule is N#CC(=N[O-])S(=O)(=O)c1ccccc1.[Na+]. The van der Waals surface area contributed by atoms with Crippen LogP contribution in [0, 0.1) is 16.5 Å². The monoisotopic (exact) mass is 232 g/mol. The summed E-state index contributed by atoms with van der Waals surface area (Å²) in [4.78, 5) is -0.115. The van der Waals surface area contributed by atoms with Crippen molar-refractivity contribution in [3.05, 3.63) is 35.5 Å². The van der Waals surface area contributed by atoms with E-state index < -0.39 is 14.9 Å². The minimum Gasteiger partial charge on any atom is -0.790 e. The molecule has 1 aromatic carbocycles. The standard InChI is InChI=1S/C8H6N2O3S.Na/c9-6-8(10-11)14(12,13)7-4-2-1-3-5-7;/h1-5,11H;/q;+1/p-1. The molecule has 0 aromatic heterocycles. The molecule has 1 rings (SSSR count). The van der Waals surface area contributed by atoms with Gasteiger partial charge >= 0.3 is 29.6 Å². The second-order valence-electron chi connectivity index (χ2n) is 2.32. The fourth-order valence-corrected chi connectivity index (χ4v) is 1.80. The predicted octanol–water partition coefficient (Wildman–Crippen LogP) is -2.12. The molecule has 0 amide bonds. The molecule has 15 heavy (non-hydrogen) atoms. The van der Waals surface area contributed by atoms with Gasteiger partial charge in [0.25, 0.3) is 0 Å². The van der Waals surface area contributed by atoms with Gasteiger partial charge in [0, 0.05) is 0 Å². The second kappa shape index (κ2) is 5.88. The van der Waals surface area contributed by atoms with Crippen molar-refractivity contribution in [3.8, 4) is 6.07 Å². The molecule has 0 fully saturated rings. The summed E-state index contributed by atoms with van der Waals surface area (Å²) in [6, 6.07) is 8.43. The summed E-state index contributed by atoms with van der Waals surface area (Å²) in [5.41, 5.74) is 0. The van der Waals surface area contributed by atoms with E-state index in [1.807, 2.05) is 0 Å². The van der Waals surface area contributed by atoms with Gasteiger partial charge in [-0.05, 0) is 12.1 Å². The molecule has 0 unspecified atom stereocenters. The summed E-state index contributed by atoms with van der Waals surface area (Å²) in [6.45, 7) is 0. The van der Waals surface area contributed by atoms with E-state index in [1.165, 1.54) is 30.3 Å². The molecule has 0 aliphatic rings. The summed E-state index contributed by atoms with van der Waals surface area (Å²) in [5, 5.41) is 19.6. The number of hydrogen-bond acceptors (Lipinski definition) is 5. The van der Waals surface area contributed by atoms with Crippen LogP contribution in [-0.2, 0) is 9.84 Å². The maximum atomic E-state index is 11.4. The number of hydrogen-bond donors (Lipinski definition) is 0. The van der Waals surface area contributed by atoms with Crippen LogP contribution >= 0.6 is 0 Å². The average molecular weight is 232 g/mol. The van der Waals surface area contributed by atoms with E-state index in [0.29, 0.717) is 0 Å². The first kappa shape index (κ1) is 14.1. The molecule has 0 N–H and O–H groups in total. The quantitative estimate of drug-likeness (QED) is 0.239. The average Bonchev–Trinajstić information content (AvgIpc) is 2.20. The Bertz CT molecular complexity index is 490. The minimum absolute atomic E-state index is 0. The third kappa shape index (κ3) is 3.04. The molecular formula is C8H5N2NaO3S. The second-order valence-corrected chi connectivity index (χ2v) is 4.19. The van der Waals surface area contributed by atoms with Crippen LogP contribution in [0.25, 0.3) is 0 Å². The Balaban J connectivity index is 0.00000196.